The number of nitrogens with zero attached hydrogens (tertiary/aromatic N) is 2. The molecule has 1 N–H and O–H groups in total. The molecule has 4 rings (SSSR count). The highest BCUT2D eigenvalue weighted by Gasteiger charge is 2.41. The molecule has 1 aromatic heterocycles. The van der Waals surface area contributed by atoms with Crippen molar-refractivity contribution in [2.45, 2.75) is 24.8 Å². The van der Waals surface area contributed by atoms with Crippen LogP contribution >= 0.6 is 0 Å². The van der Waals surface area contributed by atoms with Crippen molar-refractivity contribution in [1.82, 2.24) is 8.87 Å². The number of aromatic nitrogens is 1. The third kappa shape index (κ3) is 3.85. The van der Waals surface area contributed by atoms with E-state index in [-0.39, 0.29) is 23.7 Å². The van der Waals surface area contributed by atoms with E-state index in [2.05, 4.69) is 0 Å². The summed E-state index contributed by atoms with van der Waals surface area (Å²) in [6.45, 7) is 3.12. The lowest BCUT2D eigenvalue weighted by atomic mass is 10.1. The lowest BCUT2D eigenvalue weighted by Crippen LogP contribution is -2.39. The number of carbonyl (C=O) groups is 2. The van der Waals surface area contributed by atoms with Crippen molar-refractivity contribution in [2.24, 2.45) is 7.05 Å². The van der Waals surface area contributed by atoms with Crippen LogP contribution in [0.5, 0.6) is 5.75 Å². The number of fused-ring (bicyclic) bond motifs is 2. The molecule has 0 fully saturated rings. The molecule has 0 saturated heterocycles. The van der Waals surface area contributed by atoms with E-state index in [0.29, 0.717) is 21.0 Å². The number of hydrogen-bond donors (Lipinski definition) is 1. The van der Waals surface area contributed by atoms with Crippen molar-refractivity contribution in [2.75, 3.05) is 19.8 Å². The minimum atomic E-state index is -4.01. The summed E-state index contributed by atoms with van der Waals surface area (Å²) in [5.74, 6) is -0.725. The van der Waals surface area contributed by atoms with Crippen molar-refractivity contribution in [1.29, 1.82) is 0 Å². The molecule has 1 aliphatic heterocycles. The number of esters is 1. The highest BCUT2D eigenvalue weighted by Crippen LogP contribution is 2.31. The topological polar surface area (TPSA) is 115 Å². The molecule has 0 saturated carbocycles. The molecule has 0 radical (unpaired) electrons. The zero-order valence-electron chi connectivity index (χ0n) is 18.4. The summed E-state index contributed by atoms with van der Waals surface area (Å²) in [4.78, 5) is 24.9. The predicted octanol–water partition coefficient (Wildman–Crippen LogP) is 2.25. The van der Waals surface area contributed by atoms with Gasteiger partial charge in [-0.2, -0.15) is 0 Å². The molecule has 1 amide bonds. The standard InChI is InChI=1S/C23H24N2O7S/c1-4-31-23(28)21-14(2)24(3)19-10-9-16(11-18(19)21)32-13-15(26)12-25-22(27)17-7-5-6-8-20(17)33(25,29)30/h5-11,15,26H,4,12-13H2,1-3H3/t15-/m1/s1. The number of rotatable bonds is 7. The molecule has 3 aromatic rings. The summed E-state index contributed by atoms with van der Waals surface area (Å²) in [5.41, 5.74) is 2.09. The van der Waals surface area contributed by atoms with Gasteiger partial charge in [0, 0.05) is 23.6 Å². The van der Waals surface area contributed by atoms with Crippen molar-refractivity contribution in [3.05, 3.63) is 59.3 Å². The van der Waals surface area contributed by atoms with Crippen LogP contribution in [0, 0.1) is 6.92 Å². The molecule has 10 heteroatoms. The molecule has 1 atom stereocenters. The van der Waals surface area contributed by atoms with Crippen LogP contribution in [-0.2, 0) is 21.8 Å². The summed E-state index contributed by atoms with van der Waals surface area (Å²) >= 11 is 0. The number of benzene rings is 2. The van der Waals surface area contributed by atoms with Crippen molar-refractivity contribution in [3.63, 3.8) is 0 Å². The quantitative estimate of drug-likeness (QED) is 0.525. The summed E-state index contributed by atoms with van der Waals surface area (Å²) in [6.07, 6.45) is -1.25. The van der Waals surface area contributed by atoms with E-state index in [1.54, 1.807) is 37.3 Å². The van der Waals surface area contributed by atoms with E-state index in [1.165, 1.54) is 12.1 Å². The van der Waals surface area contributed by atoms with Crippen LogP contribution in [0.4, 0.5) is 0 Å². The van der Waals surface area contributed by atoms with Gasteiger partial charge >= 0.3 is 5.97 Å². The Balaban J connectivity index is 1.50. The normalized spacial score (nSPS) is 15.5. The third-order valence-corrected chi connectivity index (χ3v) is 7.48. The van der Waals surface area contributed by atoms with Gasteiger partial charge in [-0.3, -0.25) is 4.79 Å². The molecule has 0 unspecified atom stereocenters. The first-order valence-corrected chi connectivity index (χ1v) is 11.8. The molecule has 2 aromatic carbocycles. The SMILES string of the molecule is CCOC(=O)c1c(C)n(C)c2ccc(OC[C@H](O)CN3C(=O)c4ccccc4S3(=O)=O)cc12. The van der Waals surface area contributed by atoms with Gasteiger partial charge in [-0.1, -0.05) is 12.1 Å². The molecule has 174 valence electrons. The number of carbonyl (C=O) groups excluding carboxylic acids is 2. The van der Waals surface area contributed by atoms with E-state index in [9.17, 15) is 23.1 Å². The second-order valence-electron chi connectivity index (χ2n) is 7.72. The Morgan fingerprint density at radius 2 is 1.91 bits per heavy atom. The molecular weight excluding hydrogens is 448 g/mol. The number of ether oxygens (including phenoxy) is 2. The van der Waals surface area contributed by atoms with Crippen LogP contribution in [0.1, 0.15) is 33.3 Å². The number of aliphatic hydroxyl groups excluding tert-OH is 1. The smallest absolute Gasteiger partial charge is 0.340 e. The van der Waals surface area contributed by atoms with Gasteiger partial charge in [0.15, 0.2) is 0 Å². The van der Waals surface area contributed by atoms with Gasteiger partial charge in [0.05, 0.1) is 24.3 Å². The van der Waals surface area contributed by atoms with Crippen LogP contribution < -0.4 is 4.74 Å². The first kappa shape index (κ1) is 22.8. The Morgan fingerprint density at radius 1 is 1.18 bits per heavy atom. The Hall–Kier alpha value is -3.37. The van der Waals surface area contributed by atoms with E-state index >= 15 is 0 Å². The summed E-state index contributed by atoms with van der Waals surface area (Å²) in [6, 6.07) is 11.1. The fraction of sp³-hybridized carbons (Fsp3) is 0.304. The number of hydrogen-bond acceptors (Lipinski definition) is 7. The number of amides is 1. The van der Waals surface area contributed by atoms with Crippen molar-refractivity contribution >= 4 is 32.8 Å². The summed E-state index contributed by atoms with van der Waals surface area (Å²) in [7, 11) is -2.17. The number of aliphatic hydroxyl groups is 1. The summed E-state index contributed by atoms with van der Waals surface area (Å²) < 4.78 is 38.7. The molecule has 0 spiro atoms. The zero-order valence-corrected chi connectivity index (χ0v) is 19.3. The molecule has 0 aliphatic carbocycles. The van der Waals surface area contributed by atoms with Crippen molar-refractivity contribution < 1.29 is 32.6 Å². The highest BCUT2D eigenvalue weighted by molar-refractivity contribution is 7.90. The molecule has 2 heterocycles. The van der Waals surface area contributed by atoms with E-state index in [1.807, 2.05) is 18.5 Å². The van der Waals surface area contributed by atoms with Crippen LogP contribution in [0.25, 0.3) is 10.9 Å². The first-order chi connectivity index (χ1) is 15.7. The lowest BCUT2D eigenvalue weighted by Gasteiger charge is -2.19. The lowest BCUT2D eigenvalue weighted by molar-refractivity contribution is 0.0527. The van der Waals surface area contributed by atoms with Gasteiger partial charge in [-0.25, -0.2) is 17.5 Å². The number of aryl methyl sites for hydroxylation is 1. The van der Waals surface area contributed by atoms with Gasteiger partial charge in [0.1, 0.15) is 23.4 Å². The van der Waals surface area contributed by atoms with Gasteiger partial charge in [-0.05, 0) is 44.2 Å². The van der Waals surface area contributed by atoms with Gasteiger partial charge < -0.3 is 19.1 Å². The maximum atomic E-state index is 12.6. The molecule has 1 aliphatic rings. The minimum absolute atomic E-state index is 0.0699. The fourth-order valence-corrected chi connectivity index (χ4v) is 5.56. The Kier molecular flexibility index (Phi) is 5.89. The molecule has 0 bridgehead atoms. The van der Waals surface area contributed by atoms with Gasteiger partial charge in [-0.15, -0.1) is 0 Å². The van der Waals surface area contributed by atoms with Crippen molar-refractivity contribution in [3.8, 4) is 5.75 Å². The maximum Gasteiger partial charge on any atom is 0.340 e. The van der Waals surface area contributed by atoms with Crippen LogP contribution in [0.2, 0.25) is 0 Å². The van der Waals surface area contributed by atoms with Gasteiger partial charge in [0.2, 0.25) is 0 Å². The first-order valence-electron chi connectivity index (χ1n) is 10.4. The van der Waals surface area contributed by atoms with Crippen LogP contribution in [0.3, 0.4) is 0 Å². The second kappa shape index (κ2) is 8.53. The third-order valence-electron chi connectivity index (χ3n) is 5.67. The Bertz CT molecular complexity index is 1360. The zero-order chi connectivity index (χ0) is 23.9. The van der Waals surface area contributed by atoms with Gasteiger partial charge in [0.25, 0.3) is 15.9 Å². The summed E-state index contributed by atoms with van der Waals surface area (Å²) in [5, 5.41) is 11.1. The number of sulfonamides is 1. The second-order valence-corrected chi connectivity index (χ2v) is 9.55. The highest BCUT2D eigenvalue weighted by atomic mass is 32.2. The molecule has 33 heavy (non-hydrogen) atoms. The van der Waals surface area contributed by atoms with E-state index in [0.717, 1.165) is 11.2 Å². The van der Waals surface area contributed by atoms with E-state index < -0.39 is 34.5 Å². The van der Waals surface area contributed by atoms with Crippen LogP contribution in [-0.4, -0.2) is 60.1 Å². The average molecular weight is 473 g/mol. The molecule has 9 nitrogen and oxygen atoms in total. The molecular formula is C23H24N2O7S. The predicted molar refractivity (Wildman–Crippen MR) is 120 cm³/mol. The number of β-amino-alcohol motifs (C(OH)–C–C–N with tert-alkyl or cyclic N) is 1. The van der Waals surface area contributed by atoms with Crippen LogP contribution in [0.15, 0.2) is 47.4 Å². The Morgan fingerprint density at radius 3 is 2.61 bits per heavy atom. The average Bonchev–Trinajstić information content (AvgIpc) is 3.15. The monoisotopic (exact) mass is 472 g/mol. The Labute approximate surface area is 191 Å². The fourth-order valence-electron chi connectivity index (χ4n) is 3.95. The largest absolute Gasteiger partial charge is 0.491 e. The maximum absolute atomic E-state index is 12.6. The minimum Gasteiger partial charge on any atom is -0.491 e. The van der Waals surface area contributed by atoms with E-state index in [4.69, 9.17) is 9.47 Å².